The van der Waals surface area contributed by atoms with Crippen LogP contribution >= 0.6 is 0 Å². The molecule has 1 saturated carbocycles. The highest BCUT2D eigenvalue weighted by Crippen LogP contribution is 2.38. The fourth-order valence-electron chi connectivity index (χ4n) is 3.48. The summed E-state index contributed by atoms with van der Waals surface area (Å²) in [6.45, 7) is 0.355. The summed E-state index contributed by atoms with van der Waals surface area (Å²) < 4.78 is 0. The minimum absolute atomic E-state index is 0.108. The molecule has 0 aromatic carbocycles. The van der Waals surface area contributed by atoms with Crippen LogP contribution in [0, 0.1) is 5.41 Å². The van der Waals surface area contributed by atoms with Crippen LogP contribution in [0.25, 0.3) is 0 Å². The van der Waals surface area contributed by atoms with Gasteiger partial charge in [-0.3, -0.25) is 35.2 Å². The van der Waals surface area contributed by atoms with Gasteiger partial charge in [0, 0.05) is 37.8 Å². The summed E-state index contributed by atoms with van der Waals surface area (Å²) in [4.78, 5) is 52.4. The Balaban J connectivity index is 1.55. The largest absolute Gasteiger partial charge is 0.350 e. The van der Waals surface area contributed by atoms with Gasteiger partial charge in [0.15, 0.2) is 0 Å². The number of aromatic nitrogens is 4. The monoisotopic (exact) mass is 397 g/mol. The van der Waals surface area contributed by atoms with Gasteiger partial charge in [0.2, 0.25) is 5.91 Å². The van der Waals surface area contributed by atoms with Crippen molar-refractivity contribution in [1.29, 1.82) is 0 Å². The fraction of sp³-hybridized carbons (Fsp3) is 0.421. The van der Waals surface area contributed by atoms with Gasteiger partial charge in [0.25, 0.3) is 11.8 Å². The summed E-state index contributed by atoms with van der Waals surface area (Å²) in [5, 5.41) is 2.88. The van der Waals surface area contributed by atoms with Crippen molar-refractivity contribution >= 4 is 17.7 Å². The van der Waals surface area contributed by atoms with Crippen molar-refractivity contribution in [2.45, 2.75) is 38.5 Å². The van der Waals surface area contributed by atoms with Gasteiger partial charge in [-0.2, -0.15) is 0 Å². The Morgan fingerprint density at radius 1 is 0.828 bits per heavy atom. The molecule has 0 bridgehead atoms. The highest BCUT2D eigenvalue weighted by atomic mass is 16.2. The average Bonchev–Trinajstić information content (AvgIpc) is 2.77. The van der Waals surface area contributed by atoms with E-state index in [1.807, 2.05) is 0 Å². The summed E-state index contributed by atoms with van der Waals surface area (Å²) >= 11 is 0. The molecule has 0 aliphatic heterocycles. The lowest BCUT2D eigenvalue weighted by Gasteiger charge is -2.37. The van der Waals surface area contributed by atoms with Gasteiger partial charge in [-0.1, -0.05) is 19.3 Å². The van der Waals surface area contributed by atoms with Crippen LogP contribution in [0.1, 0.15) is 59.5 Å². The number of rotatable bonds is 6. The summed E-state index contributed by atoms with van der Waals surface area (Å²) in [6, 6.07) is 0. The predicted octanol–water partition coefficient (Wildman–Crippen LogP) is 0.798. The Labute approximate surface area is 167 Å². The molecule has 3 amide bonds. The van der Waals surface area contributed by atoms with Crippen molar-refractivity contribution in [2.75, 3.05) is 6.54 Å². The Morgan fingerprint density at radius 3 is 2.03 bits per heavy atom. The molecule has 3 rings (SSSR count). The van der Waals surface area contributed by atoms with Gasteiger partial charge in [-0.25, -0.2) is 9.97 Å². The molecule has 0 radical (unpaired) electrons. The third-order valence-corrected chi connectivity index (χ3v) is 4.98. The van der Waals surface area contributed by atoms with Crippen molar-refractivity contribution in [3.05, 3.63) is 48.6 Å². The van der Waals surface area contributed by atoms with Crippen molar-refractivity contribution in [2.24, 2.45) is 5.41 Å². The zero-order valence-corrected chi connectivity index (χ0v) is 15.9. The maximum Gasteiger partial charge on any atom is 0.289 e. The summed E-state index contributed by atoms with van der Waals surface area (Å²) in [5.41, 5.74) is 4.76. The Bertz CT molecular complexity index is 839. The number of carbonyl (C=O) groups is 3. The van der Waals surface area contributed by atoms with Crippen LogP contribution < -0.4 is 16.2 Å². The molecule has 1 aliphatic carbocycles. The number of nitrogens with one attached hydrogen (secondary N) is 3. The Hall–Kier alpha value is -3.43. The van der Waals surface area contributed by atoms with Gasteiger partial charge in [0.1, 0.15) is 11.4 Å². The molecule has 152 valence electrons. The highest BCUT2D eigenvalue weighted by molar-refractivity contribution is 5.93. The van der Waals surface area contributed by atoms with E-state index in [9.17, 15) is 14.4 Å². The molecular weight excluding hydrogens is 374 g/mol. The molecule has 0 unspecified atom stereocenters. The first kappa shape index (κ1) is 20.3. The number of carbonyl (C=O) groups excluding carboxylic acids is 3. The summed E-state index contributed by atoms with van der Waals surface area (Å²) in [5.74, 6) is -1.18. The quantitative estimate of drug-likeness (QED) is 0.613. The van der Waals surface area contributed by atoms with Gasteiger partial charge >= 0.3 is 0 Å². The van der Waals surface area contributed by atoms with Crippen molar-refractivity contribution in [3.8, 4) is 0 Å². The Kier molecular flexibility index (Phi) is 6.77. The van der Waals surface area contributed by atoms with Crippen molar-refractivity contribution in [1.82, 2.24) is 36.1 Å². The van der Waals surface area contributed by atoms with E-state index in [0.29, 0.717) is 6.54 Å². The van der Waals surface area contributed by atoms with E-state index < -0.39 is 5.91 Å². The van der Waals surface area contributed by atoms with E-state index in [4.69, 9.17) is 0 Å². The second kappa shape index (κ2) is 9.67. The normalized spacial score (nSPS) is 15.2. The van der Waals surface area contributed by atoms with Gasteiger partial charge < -0.3 is 5.32 Å². The molecule has 1 aliphatic rings. The maximum atomic E-state index is 12.5. The molecule has 0 saturated heterocycles. The molecule has 2 heterocycles. The minimum atomic E-state index is -0.542. The van der Waals surface area contributed by atoms with E-state index in [1.165, 1.54) is 37.2 Å². The van der Waals surface area contributed by atoms with Crippen LogP contribution in [0.5, 0.6) is 0 Å². The molecule has 0 spiro atoms. The number of hydrazine groups is 1. The standard InChI is InChI=1S/C19H23N7O3/c27-16(25-26-18(29)15-12-21-7-9-23-15)10-19(4-2-1-3-5-19)13-24-17(28)14-11-20-6-8-22-14/h6-9,11-12H,1-5,10,13H2,(H,24,28)(H,25,27)(H,26,29). The van der Waals surface area contributed by atoms with Gasteiger partial charge in [-0.05, 0) is 18.3 Å². The molecule has 2 aromatic rings. The van der Waals surface area contributed by atoms with E-state index in [1.54, 1.807) is 0 Å². The molecule has 2 aromatic heterocycles. The lowest BCUT2D eigenvalue weighted by atomic mass is 9.71. The summed E-state index contributed by atoms with van der Waals surface area (Å²) in [7, 11) is 0. The van der Waals surface area contributed by atoms with Crippen LogP contribution in [0.4, 0.5) is 0 Å². The minimum Gasteiger partial charge on any atom is -0.350 e. The van der Waals surface area contributed by atoms with Crippen LogP contribution in [-0.4, -0.2) is 44.2 Å². The first-order valence-electron chi connectivity index (χ1n) is 9.47. The topological polar surface area (TPSA) is 139 Å². The molecule has 1 fully saturated rings. The van der Waals surface area contributed by atoms with Crippen LogP contribution in [0.15, 0.2) is 37.2 Å². The van der Waals surface area contributed by atoms with Crippen molar-refractivity contribution in [3.63, 3.8) is 0 Å². The maximum absolute atomic E-state index is 12.5. The average molecular weight is 397 g/mol. The first-order valence-corrected chi connectivity index (χ1v) is 9.47. The molecule has 10 heteroatoms. The first-order chi connectivity index (χ1) is 14.1. The zero-order chi connectivity index (χ0) is 20.5. The zero-order valence-electron chi connectivity index (χ0n) is 15.9. The predicted molar refractivity (Wildman–Crippen MR) is 102 cm³/mol. The lowest BCUT2D eigenvalue weighted by molar-refractivity contribution is -0.124. The number of hydrogen-bond donors (Lipinski definition) is 3. The van der Waals surface area contributed by atoms with Crippen molar-refractivity contribution < 1.29 is 14.4 Å². The highest BCUT2D eigenvalue weighted by Gasteiger charge is 2.35. The Morgan fingerprint density at radius 2 is 1.45 bits per heavy atom. The number of hydrogen-bond acceptors (Lipinski definition) is 7. The van der Waals surface area contributed by atoms with Crippen LogP contribution in [0.2, 0.25) is 0 Å². The molecule has 29 heavy (non-hydrogen) atoms. The fourth-order valence-corrected chi connectivity index (χ4v) is 3.48. The second-order valence-corrected chi connectivity index (χ2v) is 7.10. The third kappa shape index (κ3) is 5.77. The number of amides is 3. The SMILES string of the molecule is O=C(CC1(CNC(=O)c2cnccn2)CCCCC1)NNC(=O)c1cnccn1. The molecule has 10 nitrogen and oxygen atoms in total. The number of nitrogens with zero attached hydrogens (tertiary/aromatic N) is 4. The van der Waals surface area contributed by atoms with E-state index in [-0.39, 0.29) is 35.0 Å². The summed E-state index contributed by atoms with van der Waals surface area (Å²) in [6.07, 6.45) is 13.4. The lowest BCUT2D eigenvalue weighted by Crippen LogP contribution is -2.47. The molecule has 0 atom stereocenters. The van der Waals surface area contributed by atoms with Gasteiger partial charge in [0.05, 0.1) is 12.4 Å². The van der Waals surface area contributed by atoms with Crippen LogP contribution in [-0.2, 0) is 4.79 Å². The van der Waals surface area contributed by atoms with Crippen LogP contribution in [0.3, 0.4) is 0 Å². The van der Waals surface area contributed by atoms with E-state index >= 15 is 0 Å². The third-order valence-electron chi connectivity index (χ3n) is 4.98. The van der Waals surface area contributed by atoms with E-state index in [0.717, 1.165) is 32.1 Å². The molecule has 3 N–H and O–H groups in total. The van der Waals surface area contributed by atoms with Gasteiger partial charge in [-0.15, -0.1) is 0 Å². The smallest absolute Gasteiger partial charge is 0.289 e. The molecular formula is C19H23N7O3. The van der Waals surface area contributed by atoms with E-state index in [2.05, 4.69) is 36.1 Å². The second-order valence-electron chi connectivity index (χ2n) is 7.10.